The van der Waals surface area contributed by atoms with Gasteiger partial charge in [-0.15, -0.1) is 0 Å². The summed E-state index contributed by atoms with van der Waals surface area (Å²) in [4.78, 5) is 23.2. The topological polar surface area (TPSA) is 71.3 Å². The van der Waals surface area contributed by atoms with E-state index < -0.39 is 0 Å². The van der Waals surface area contributed by atoms with Gasteiger partial charge in [0.2, 0.25) is 11.8 Å². The van der Waals surface area contributed by atoms with Gasteiger partial charge in [0, 0.05) is 6.42 Å². The van der Waals surface area contributed by atoms with Crippen LogP contribution >= 0.6 is 0 Å². The third kappa shape index (κ3) is 5.07. The SMILES string of the molecule is O=C(CCC1CCCC1)NCC(=O)NCc1ccco1. The highest BCUT2D eigenvalue weighted by atomic mass is 16.3. The van der Waals surface area contributed by atoms with Gasteiger partial charge in [-0.1, -0.05) is 25.7 Å². The molecule has 110 valence electrons. The van der Waals surface area contributed by atoms with Gasteiger partial charge in [0.25, 0.3) is 0 Å². The van der Waals surface area contributed by atoms with Gasteiger partial charge in [0.15, 0.2) is 0 Å². The van der Waals surface area contributed by atoms with Crippen LogP contribution < -0.4 is 10.6 Å². The Bertz CT molecular complexity index is 422. The first-order valence-corrected chi connectivity index (χ1v) is 7.30. The van der Waals surface area contributed by atoms with Gasteiger partial charge in [-0.2, -0.15) is 0 Å². The largest absolute Gasteiger partial charge is 0.467 e. The van der Waals surface area contributed by atoms with E-state index in [0.29, 0.717) is 24.6 Å². The highest BCUT2D eigenvalue weighted by Gasteiger charge is 2.16. The number of rotatable bonds is 7. The van der Waals surface area contributed by atoms with E-state index in [4.69, 9.17) is 4.42 Å². The van der Waals surface area contributed by atoms with Crippen molar-refractivity contribution in [1.29, 1.82) is 0 Å². The summed E-state index contributed by atoms with van der Waals surface area (Å²) >= 11 is 0. The number of hydrogen-bond donors (Lipinski definition) is 2. The molecule has 1 heterocycles. The lowest BCUT2D eigenvalue weighted by atomic mass is 10.0. The zero-order valence-electron chi connectivity index (χ0n) is 11.7. The van der Waals surface area contributed by atoms with Crippen LogP contribution in [-0.2, 0) is 16.1 Å². The van der Waals surface area contributed by atoms with Gasteiger partial charge >= 0.3 is 0 Å². The molecule has 0 spiro atoms. The lowest BCUT2D eigenvalue weighted by molar-refractivity contribution is -0.126. The van der Waals surface area contributed by atoms with Gasteiger partial charge in [0.05, 0.1) is 19.4 Å². The molecule has 0 aliphatic heterocycles. The van der Waals surface area contributed by atoms with Gasteiger partial charge in [0.1, 0.15) is 5.76 Å². The standard InChI is InChI=1S/C15H22N2O3/c18-14(8-7-12-4-1-2-5-12)17-11-15(19)16-10-13-6-3-9-20-13/h3,6,9,12H,1-2,4-5,7-8,10-11H2,(H,16,19)(H,17,18). The molecular formula is C15H22N2O3. The fraction of sp³-hybridized carbons (Fsp3) is 0.600. The number of carbonyl (C=O) groups is 2. The predicted molar refractivity (Wildman–Crippen MR) is 74.8 cm³/mol. The number of amides is 2. The Morgan fingerprint density at radius 2 is 2.00 bits per heavy atom. The first kappa shape index (κ1) is 14.6. The molecule has 2 rings (SSSR count). The molecule has 2 amide bonds. The summed E-state index contributed by atoms with van der Waals surface area (Å²) in [5, 5.41) is 5.35. The van der Waals surface area contributed by atoms with Crippen molar-refractivity contribution < 1.29 is 14.0 Å². The second-order valence-corrected chi connectivity index (χ2v) is 5.32. The predicted octanol–water partition coefficient (Wildman–Crippen LogP) is 1.98. The van der Waals surface area contributed by atoms with E-state index in [9.17, 15) is 9.59 Å². The Morgan fingerprint density at radius 3 is 2.70 bits per heavy atom. The van der Waals surface area contributed by atoms with Crippen LogP contribution in [0, 0.1) is 5.92 Å². The van der Waals surface area contributed by atoms with Gasteiger partial charge in [-0.25, -0.2) is 0 Å². The van der Waals surface area contributed by atoms with Gasteiger partial charge in [-0.05, 0) is 24.5 Å². The maximum atomic E-state index is 11.6. The Kier molecular flexibility index (Phi) is 5.65. The number of furan rings is 1. The van der Waals surface area contributed by atoms with Crippen molar-refractivity contribution in [3.05, 3.63) is 24.2 Å². The molecule has 0 bridgehead atoms. The molecule has 0 aromatic carbocycles. The Morgan fingerprint density at radius 1 is 1.20 bits per heavy atom. The molecule has 1 aromatic rings. The Balaban J connectivity index is 1.54. The molecule has 2 N–H and O–H groups in total. The fourth-order valence-corrected chi connectivity index (χ4v) is 2.56. The first-order chi connectivity index (χ1) is 9.74. The van der Waals surface area contributed by atoms with E-state index in [1.807, 2.05) is 0 Å². The average Bonchev–Trinajstić information content (AvgIpc) is 3.13. The molecule has 1 aliphatic carbocycles. The van der Waals surface area contributed by atoms with Crippen molar-refractivity contribution in [3.63, 3.8) is 0 Å². The number of carbonyl (C=O) groups excluding carboxylic acids is 2. The molecule has 1 aliphatic rings. The second kappa shape index (κ2) is 7.72. The molecule has 0 unspecified atom stereocenters. The van der Waals surface area contributed by atoms with E-state index in [1.54, 1.807) is 18.4 Å². The summed E-state index contributed by atoms with van der Waals surface area (Å²) in [7, 11) is 0. The van der Waals surface area contributed by atoms with E-state index in [2.05, 4.69) is 10.6 Å². The van der Waals surface area contributed by atoms with Gasteiger partial charge < -0.3 is 15.1 Å². The lowest BCUT2D eigenvalue weighted by Gasteiger charge is -2.09. The fourth-order valence-electron chi connectivity index (χ4n) is 2.56. The third-order valence-corrected chi connectivity index (χ3v) is 3.74. The molecule has 1 saturated carbocycles. The van der Waals surface area contributed by atoms with Crippen LogP contribution in [0.25, 0.3) is 0 Å². The summed E-state index contributed by atoms with van der Waals surface area (Å²) < 4.78 is 5.10. The quantitative estimate of drug-likeness (QED) is 0.801. The van der Waals surface area contributed by atoms with Crippen LogP contribution in [0.3, 0.4) is 0 Å². The summed E-state index contributed by atoms with van der Waals surface area (Å²) in [5.41, 5.74) is 0. The summed E-state index contributed by atoms with van der Waals surface area (Å²) in [6.45, 7) is 0.383. The van der Waals surface area contributed by atoms with Crippen LogP contribution in [0.5, 0.6) is 0 Å². The molecule has 0 radical (unpaired) electrons. The van der Waals surface area contributed by atoms with E-state index in [1.165, 1.54) is 25.7 Å². The molecule has 1 aromatic heterocycles. The van der Waals surface area contributed by atoms with Crippen LogP contribution in [0.2, 0.25) is 0 Å². The first-order valence-electron chi connectivity index (χ1n) is 7.30. The van der Waals surface area contributed by atoms with Crippen LogP contribution in [0.1, 0.15) is 44.3 Å². The lowest BCUT2D eigenvalue weighted by Crippen LogP contribution is -2.36. The smallest absolute Gasteiger partial charge is 0.239 e. The minimum absolute atomic E-state index is 0.0320. The zero-order valence-corrected chi connectivity index (χ0v) is 11.7. The summed E-state index contributed by atoms with van der Waals surface area (Å²) in [6.07, 6.45) is 8.11. The number of nitrogens with one attached hydrogen (secondary N) is 2. The molecule has 1 fully saturated rings. The minimum atomic E-state index is -0.199. The van der Waals surface area contributed by atoms with Crippen molar-refractivity contribution in [3.8, 4) is 0 Å². The second-order valence-electron chi connectivity index (χ2n) is 5.32. The molecule has 5 nitrogen and oxygen atoms in total. The molecule has 0 atom stereocenters. The number of hydrogen-bond acceptors (Lipinski definition) is 3. The van der Waals surface area contributed by atoms with Gasteiger partial charge in [-0.3, -0.25) is 9.59 Å². The monoisotopic (exact) mass is 278 g/mol. The summed E-state index contributed by atoms with van der Waals surface area (Å²) in [5.74, 6) is 1.17. The van der Waals surface area contributed by atoms with Crippen molar-refractivity contribution in [2.75, 3.05) is 6.54 Å². The Hall–Kier alpha value is -1.78. The molecule has 5 heteroatoms. The van der Waals surface area contributed by atoms with E-state index in [0.717, 1.165) is 6.42 Å². The van der Waals surface area contributed by atoms with Crippen molar-refractivity contribution in [2.45, 2.75) is 45.1 Å². The maximum Gasteiger partial charge on any atom is 0.239 e. The average molecular weight is 278 g/mol. The third-order valence-electron chi connectivity index (χ3n) is 3.74. The highest BCUT2D eigenvalue weighted by Crippen LogP contribution is 2.28. The van der Waals surface area contributed by atoms with E-state index >= 15 is 0 Å². The Labute approximate surface area is 119 Å². The molecule has 0 saturated heterocycles. The van der Waals surface area contributed by atoms with Crippen molar-refractivity contribution in [2.24, 2.45) is 5.92 Å². The minimum Gasteiger partial charge on any atom is -0.467 e. The van der Waals surface area contributed by atoms with Crippen molar-refractivity contribution in [1.82, 2.24) is 10.6 Å². The zero-order chi connectivity index (χ0) is 14.2. The van der Waals surface area contributed by atoms with E-state index in [-0.39, 0.29) is 18.4 Å². The van der Waals surface area contributed by atoms with Crippen molar-refractivity contribution >= 4 is 11.8 Å². The maximum absolute atomic E-state index is 11.6. The normalized spacial score (nSPS) is 15.2. The highest BCUT2D eigenvalue weighted by molar-refractivity contribution is 5.84. The molecule has 20 heavy (non-hydrogen) atoms. The van der Waals surface area contributed by atoms with Crippen LogP contribution in [-0.4, -0.2) is 18.4 Å². The summed E-state index contributed by atoms with van der Waals surface area (Å²) in [6, 6.07) is 3.56. The van der Waals surface area contributed by atoms with Crippen LogP contribution in [0.4, 0.5) is 0 Å². The van der Waals surface area contributed by atoms with Crippen LogP contribution in [0.15, 0.2) is 22.8 Å². The molecular weight excluding hydrogens is 256 g/mol.